The van der Waals surface area contributed by atoms with E-state index in [2.05, 4.69) is 17.6 Å². The number of carbonyl (C=O) groups is 1. The van der Waals surface area contributed by atoms with Gasteiger partial charge in [-0.2, -0.15) is 11.8 Å². The van der Waals surface area contributed by atoms with Crippen molar-refractivity contribution in [2.24, 2.45) is 5.92 Å². The van der Waals surface area contributed by atoms with Crippen molar-refractivity contribution in [3.63, 3.8) is 0 Å². The molecule has 0 aromatic carbocycles. The van der Waals surface area contributed by atoms with Crippen LogP contribution in [0.4, 0.5) is 0 Å². The molecule has 5 heteroatoms. The van der Waals surface area contributed by atoms with E-state index in [1.54, 1.807) is 0 Å². The Morgan fingerprint density at radius 3 is 3.06 bits per heavy atom. The standard InChI is InChI=1S/C11H20N2O2S/c1-2-12-10-6-15-5-9(10)11(14)13-8-3-4-16-7-8/h8-10,12H,2-7H2,1H3,(H,13,14). The van der Waals surface area contributed by atoms with Crippen LogP contribution < -0.4 is 10.6 Å². The van der Waals surface area contributed by atoms with E-state index in [1.807, 2.05) is 11.8 Å². The highest BCUT2D eigenvalue weighted by molar-refractivity contribution is 7.99. The van der Waals surface area contributed by atoms with Gasteiger partial charge in [0.25, 0.3) is 0 Å². The molecule has 4 nitrogen and oxygen atoms in total. The van der Waals surface area contributed by atoms with E-state index in [0.717, 1.165) is 18.7 Å². The fourth-order valence-electron chi connectivity index (χ4n) is 2.23. The summed E-state index contributed by atoms with van der Waals surface area (Å²) in [6, 6.07) is 0.569. The molecule has 0 radical (unpaired) electrons. The molecular weight excluding hydrogens is 224 g/mol. The quantitative estimate of drug-likeness (QED) is 0.743. The third kappa shape index (κ3) is 2.90. The zero-order chi connectivity index (χ0) is 11.4. The van der Waals surface area contributed by atoms with Crippen molar-refractivity contribution < 1.29 is 9.53 Å². The van der Waals surface area contributed by atoms with Gasteiger partial charge in [-0.1, -0.05) is 6.92 Å². The van der Waals surface area contributed by atoms with Gasteiger partial charge in [0.05, 0.1) is 19.1 Å². The molecule has 2 N–H and O–H groups in total. The molecule has 2 aliphatic heterocycles. The summed E-state index contributed by atoms with van der Waals surface area (Å²) in [6.45, 7) is 4.16. The Hall–Kier alpha value is -0.260. The normalized spacial score (nSPS) is 34.2. The largest absolute Gasteiger partial charge is 0.379 e. The SMILES string of the molecule is CCNC1COCC1C(=O)NC1CCSC1. The minimum absolute atomic E-state index is 0.00875. The Morgan fingerprint density at radius 1 is 1.50 bits per heavy atom. The Balaban J connectivity index is 1.82. The number of rotatable bonds is 4. The summed E-state index contributed by atoms with van der Waals surface area (Å²) in [4.78, 5) is 12.0. The van der Waals surface area contributed by atoms with E-state index in [4.69, 9.17) is 4.74 Å². The van der Waals surface area contributed by atoms with Crippen molar-refractivity contribution >= 4 is 17.7 Å². The summed E-state index contributed by atoms with van der Waals surface area (Å²) < 4.78 is 5.38. The highest BCUT2D eigenvalue weighted by Gasteiger charge is 2.34. The summed E-state index contributed by atoms with van der Waals surface area (Å²) in [5.74, 6) is 2.38. The molecule has 2 rings (SSSR count). The van der Waals surface area contributed by atoms with Gasteiger partial charge in [-0.15, -0.1) is 0 Å². The molecule has 1 amide bonds. The van der Waals surface area contributed by atoms with Crippen LogP contribution in [0.1, 0.15) is 13.3 Å². The highest BCUT2D eigenvalue weighted by Crippen LogP contribution is 2.19. The second-order valence-corrected chi connectivity index (χ2v) is 5.53. The van der Waals surface area contributed by atoms with E-state index in [1.165, 1.54) is 5.75 Å². The Morgan fingerprint density at radius 2 is 2.38 bits per heavy atom. The molecule has 92 valence electrons. The first kappa shape index (κ1) is 12.2. The summed E-state index contributed by atoms with van der Waals surface area (Å²) in [6.07, 6.45) is 1.11. The van der Waals surface area contributed by atoms with Crippen molar-refractivity contribution in [2.75, 3.05) is 31.3 Å². The lowest BCUT2D eigenvalue weighted by molar-refractivity contribution is -0.126. The van der Waals surface area contributed by atoms with Gasteiger partial charge in [-0.05, 0) is 18.7 Å². The van der Waals surface area contributed by atoms with Crippen LogP contribution in [0.3, 0.4) is 0 Å². The fourth-order valence-corrected chi connectivity index (χ4v) is 3.39. The van der Waals surface area contributed by atoms with Crippen LogP contribution >= 0.6 is 11.8 Å². The van der Waals surface area contributed by atoms with Crippen LogP contribution in [0.25, 0.3) is 0 Å². The van der Waals surface area contributed by atoms with Gasteiger partial charge < -0.3 is 15.4 Å². The molecule has 3 atom stereocenters. The van der Waals surface area contributed by atoms with Crippen molar-refractivity contribution in [3.8, 4) is 0 Å². The number of ether oxygens (including phenoxy) is 1. The predicted octanol–water partition coefficient (Wildman–Crippen LogP) is 0.233. The van der Waals surface area contributed by atoms with Crippen LogP contribution in [0, 0.1) is 5.92 Å². The van der Waals surface area contributed by atoms with Crippen LogP contribution in [-0.4, -0.2) is 49.3 Å². The average molecular weight is 244 g/mol. The molecule has 0 saturated carbocycles. The third-order valence-electron chi connectivity index (χ3n) is 3.16. The van der Waals surface area contributed by atoms with Gasteiger partial charge in [0.15, 0.2) is 0 Å². The van der Waals surface area contributed by atoms with E-state index in [9.17, 15) is 4.79 Å². The van der Waals surface area contributed by atoms with Gasteiger partial charge in [0, 0.05) is 17.8 Å². The molecule has 16 heavy (non-hydrogen) atoms. The summed E-state index contributed by atoms with van der Waals surface area (Å²) >= 11 is 1.92. The molecule has 0 aromatic rings. The first-order chi connectivity index (χ1) is 7.81. The van der Waals surface area contributed by atoms with Gasteiger partial charge in [0.1, 0.15) is 0 Å². The third-order valence-corrected chi connectivity index (χ3v) is 4.32. The van der Waals surface area contributed by atoms with Crippen molar-refractivity contribution in [1.29, 1.82) is 0 Å². The fraction of sp³-hybridized carbons (Fsp3) is 0.909. The molecular formula is C11H20N2O2S. The highest BCUT2D eigenvalue weighted by atomic mass is 32.2. The van der Waals surface area contributed by atoms with Crippen LogP contribution in [-0.2, 0) is 9.53 Å². The maximum atomic E-state index is 12.0. The van der Waals surface area contributed by atoms with Crippen LogP contribution in [0.15, 0.2) is 0 Å². The van der Waals surface area contributed by atoms with E-state index in [0.29, 0.717) is 19.3 Å². The summed E-state index contributed by atoms with van der Waals surface area (Å²) in [5.41, 5.74) is 0. The van der Waals surface area contributed by atoms with E-state index in [-0.39, 0.29) is 17.9 Å². The smallest absolute Gasteiger partial charge is 0.227 e. The number of amides is 1. The van der Waals surface area contributed by atoms with Crippen molar-refractivity contribution in [1.82, 2.24) is 10.6 Å². The lowest BCUT2D eigenvalue weighted by atomic mass is 10.0. The first-order valence-corrected chi connectivity index (χ1v) is 7.16. The number of hydrogen-bond donors (Lipinski definition) is 2. The van der Waals surface area contributed by atoms with Gasteiger partial charge in [-0.25, -0.2) is 0 Å². The summed E-state index contributed by atoms with van der Waals surface area (Å²) in [5, 5.41) is 6.44. The molecule has 2 heterocycles. The lowest BCUT2D eigenvalue weighted by Crippen LogP contribution is -2.46. The topological polar surface area (TPSA) is 50.4 Å². The zero-order valence-electron chi connectivity index (χ0n) is 9.70. The minimum Gasteiger partial charge on any atom is -0.379 e. The lowest BCUT2D eigenvalue weighted by Gasteiger charge is -2.20. The molecule has 0 bridgehead atoms. The molecule has 2 saturated heterocycles. The molecule has 0 aliphatic carbocycles. The Bertz CT molecular complexity index is 244. The number of hydrogen-bond acceptors (Lipinski definition) is 4. The Kier molecular flexibility index (Phi) is 4.49. The zero-order valence-corrected chi connectivity index (χ0v) is 10.5. The minimum atomic E-state index is -0.00875. The monoisotopic (exact) mass is 244 g/mol. The predicted molar refractivity (Wildman–Crippen MR) is 65.6 cm³/mol. The summed E-state index contributed by atoms with van der Waals surface area (Å²) in [7, 11) is 0. The van der Waals surface area contributed by atoms with Crippen molar-refractivity contribution in [2.45, 2.75) is 25.4 Å². The van der Waals surface area contributed by atoms with Crippen LogP contribution in [0.5, 0.6) is 0 Å². The van der Waals surface area contributed by atoms with E-state index < -0.39 is 0 Å². The van der Waals surface area contributed by atoms with Gasteiger partial charge in [0.2, 0.25) is 5.91 Å². The second-order valence-electron chi connectivity index (χ2n) is 4.38. The number of nitrogens with one attached hydrogen (secondary N) is 2. The van der Waals surface area contributed by atoms with E-state index >= 15 is 0 Å². The molecule has 3 unspecified atom stereocenters. The molecule has 2 fully saturated rings. The average Bonchev–Trinajstić information content (AvgIpc) is 2.89. The number of thioether (sulfide) groups is 1. The maximum Gasteiger partial charge on any atom is 0.227 e. The number of likely N-dealkylation sites (N-methyl/N-ethyl adjacent to an activating group) is 1. The maximum absolute atomic E-state index is 12.0. The van der Waals surface area contributed by atoms with Crippen molar-refractivity contribution in [3.05, 3.63) is 0 Å². The Labute approximate surface area is 101 Å². The molecule has 0 spiro atoms. The molecule has 0 aromatic heterocycles. The molecule has 2 aliphatic rings. The first-order valence-electron chi connectivity index (χ1n) is 6.00. The van der Waals surface area contributed by atoms with Gasteiger partial charge >= 0.3 is 0 Å². The van der Waals surface area contributed by atoms with Gasteiger partial charge in [-0.3, -0.25) is 4.79 Å². The van der Waals surface area contributed by atoms with Crippen LogP contribution in [0.2, 0.25) is 0 Å². The number of carbonyl (C=O) groups excluding carboxylic acids is 1. The second kappa shape index (κ2) is 5.89.